The molecule has 3 aromatic rings. The Hall–Kier alpha value is -2.29. The zero-order valence-corrected chi connectivity index (χ0v) is 17.2. The van der Waals surface area contributed by atoms with Crippen molar-refractivity contribution in [3.8, 4) is 17.2 Å². The maximum absolute atomic E-state index is 6.05. The predicted molar refractivity (Wildman–Crippen MR) is 114 cm³/mol. The molecule has 0 spiro atoms. The molecule has 3 nitrogen and oxygen atoms in total. The van der Waals surface area contributed by atoms with Crippen LogP contribution in [0.25, 0.3) is 0 Å². The highest BCUT2D eigenvalue weighted by Gasteiger charge is 2.26. The molecular weight excluding hydrogens is 375 g/mol. The summed E-state index contributed by atoms with van der Waals surface area (Å²) in [6.45, 7) is 1.31. The molecular formula is C22H23O3PS. The van der Waals surface area contributed by atoms with Crippen molar-refractivity contribution in [2.24, 2.45) is 5.92 Å². The quantitative estimate of drug-likeness (QED) is 0.397. The van der Waals surface area contributed by atoms with Gasteiger partial charge in [0.05, 0.1) is 0 Å². The van der Waals surface area contributed by atoms with E-state index in [4.69, 9.17) is 25.4 Å². The highest BCUT2D eigenvalue weighted by atomic mass is 32.5. The molecule has 0 bridgehead atoms. The van der Waals surface area contributed by atoms with E-state index in [9.17, 15) is 0 Å². The summed E-state index contributed by atoms with van der Waals surface area (Å²) in [4.78, 5) is 0. The van der Waals surface area contributed by atoms with Crippen LogP contribution in [0.2, 0.25) is 0 Å². The number of hydrogen-bond donors (Lipinski definition) is 0. The lowest BCUT2D eigenvalue weighted by Gasteiger charge is -2.23. The summed E-state index contributed by atoms with van der Waals surface area (Å²) < 4.78 is 18.0. The first-order chi connectivity index (χ1) is 13.0. The molecule has 0 aromatic heterocycles. The van der Waals surface area contributed by atoms with Gasteiger partial charge in [-0.3, -0.25) is 0 Å². The van der Waals surface area contributed by atoms with E-state index in [1.165, 1.54) is 5.56 Å². The standard InChI is InChI=1S/C22H23O3PS/c1-18(2)17-19-13-15-22(16-14-19)25-26(27,23-20-9-5-3-6-10-20)24-21-11-7-4-8-12-21/h3-16,18H,17H2,1-2H3. The van der Waals surface area contributed by atoms with Crippen LogP contribution in [-0.4, -0.2) is 0 Å². The van der Waals surface area contributed by atoms with Gasteiger partial charge >= 0.3 is 6.72 Å². The fourth-order valence-electron chi connectivity index (χ4n) is 2.56. The van der Waals surface area contributed by atoms with Crippen molar-refractivity contribution in [2.75, 3.05) is 0 Å². The van der Waals surface area contributed by atoms with Gasteiger partial charge < -0.3 is 13.6 Å². The van der Waals surface area contributed by atoms with Crippen molar-refractivity contribution in [1.82, 2.24) is 0 Å². The third-order valence-electron chi connectivity index (χ3n) is 3.71. The van der Waals surface area contributed by atoms with Crippen LogP contribution in [0, 0.1) is 5.92 Å². The van der Waals surface area contributed by atoms with Crippen molar-refractivity contribution < 1.29 is 13.6 Å². The molecule has 0 atom stereocenters. The van der Waals surface area contributed by atoms with E-state index < -0.39 is 6.72 Å². The molecule has 5 heteroatoms. The van der Waals surface area contributed by atoms with Crippen LogP contribution in [0.15, 0.2) is 84.9 Å². The molecule has 0 fully saturated rings. The van der Waals surface area contributed by atoms with E-state index in [2.05, 4.69) is 26.0 Å². The van der Waals surface area contributed by atoms with E-state index in [0.717, 1.165) is 6.42 Å². The first-order valence-corrected chi connectivity index (χ1v) is 11.5. The molecule has 3 aromatic carbocycles. The molecule has 0 N–H and O–H groups in total. The topological polar surface area (TPSA) is 27.7 Å². The highest BCUT2D eigenvalue weighted by molar-refractivity contribution is 8.08. The third kappa shape index (κ3) is 6.13. The molecule has 3 rings (SSSR count). The minimum atomic E-state index is -3.09. The van der Waals surface area contributed by atoms with Gasteiger partial charge in [0.2, 0.25) is 0 Å². The zero-order valence-electron chi connectivity index (χ0n) is 15.4. The summed E-state index contributed by atoms with van der Waals surface area (Å²) in [7, 11) is 0. The first-order valence-electron chi connectivity index (χ1n) is 8.90. The molecule has 0 heterocycles. The second-order valence-corrected chi connectivity index (χ2v) is 9.37. The molecule has 0 saturated heterocycles. The van der Waals surface area contributed by atoms with Gasteiger partial charge in [-0.25, -0.2) is 0 Å². The number of hydrogen-bond acceptors (Lipinski definition) is 4. The molecule has 0 saturated carbocycles. The van der Waals surface area contributed by atoms with Gasteiger partial charge in [0.15, 0.2) is 0 Å². The van der Waals surface area contributed by atoms with Gasteiger partial charge in [-0.15, -0.1) is 0 Å². The fraction of sp³-hybridized carbons (Fsp3) is 0.182. The predicted octanol–water partition coefficient (Wildman–Crippen LogP) is 6.65. The van der Waals surface area contributed by atoms with Gasteiger partial charge in [0.1, 0.15) is 17.2 Å². The van der Waals surface area contributed by atoms with Gasteiger partial charge in [-0.2, -0.15) is 0 Å². The van der Waals surface area contributed by atoms with Gasteiger partial charge in [0, 0.05) is 11.8 Å². The lowest BCUT2D eigenvalue weighted by Crippen LogP contribution is -2.07. The van der Waals surface area contributed by atoms with E-state index in [1.807, 2.05) is 72.8 Å². The Morgan fingerprint density at radius 3 is 1.48 bits per heavy atom. The molecule has 0 aliphatic rings. The Kier molecular flexibility index (Phi) is 6.54. The summed E-state index contributed by atoms with van der Waals surface area (Å²) in [5.74, 6) is 2.48. The Labute approximate surface area is 166 Å². The molecule has 140 valence electrons. The Balaban J connectivity index is 1.81. The van der Waals surface area contributed by atoms with Crippen LogP contribution >= 0.6 is 6.72 Å². The second-order valence-electron chi connectivity index (χ2n) is 6.59. The SMILES string of the molecule is CC(C)Cc1ccc(OP(=S)(Oc2ccccc2)Oc2ccccc2)cc1. The van der Waals surface area contributed by atoms with Gasteiger partial charge in [-0.1, -0.05) is 62.4 Å². The fourth-order valence-corrected chi connectivity index (χ4v) is 4.59. The lowest BCUT2D eigenvalue weighted by atomic mass is 10.0. The summed E-state index contributed by atoms with van der Waals surface area (Å²) in [5, 5.41) is 0. The number of rotatable bonds is 8. The van der Waals surface area contributed by atoms with Crippen LogP contribution in [0.1, 0.15) is 19.4 Å². The van der Waals surface area contributed by atoms with E-state index in [1.54, 1.807) is 0 Å². The average molecular weight is 398 g/mol. The number of benzene rings is 3. The van der Waals surface area contributed by atoms with Crippen molar-refractivity contribution >= 4 is 18.5 Å². The van der Waals surface area contributed by atoms with Crippen molar-refractivity contribution in [1.29, 1.82) is 0 Å². The van der Waals surface area contributed by atoms with Gasteiger partial charge in [-0.05, 0) is 54.3 Å². The highest BCUT2D eigenvalue weighted by Crippen LogP contribution is 2.50. The van der Waals surface area contributed by atoms with Crippen LogP contribution in [0.5, 0.6) is 17.2 Å². The van der Waals surface area contributed by atoms with Crippen LogP contribution in [0.4, 0.5) is 0 Å². The van der Waals surface area contributed by atoms with Gasteiger partial charge in [0.25, 0.3) is 0 Å². The van der Waals surface area contributed by atoms with Crippen LogP contribution < -0.4 is 13.6 Å². The Bertz CT molecular complexity index is 835. The smallest absolute Gasteiger partial charge is 0.407 e. The Morgan fingerprint density at radius 2 is 1.07 bits per heavy atom. The van der Waals surface area contributed by atoms with Crippen molar-refractivity contribution in [3.63, 3.8) is 0 Å². The largest absolute Gasteiger partial charge is 0.490 e. The summed E-state index contributed by atoms with van der Waals surface area (Å²) in [6, 6.07) is 26.7. The molecule has 0 unspecified atom stereocenters. The van der Waals surface area contributed by atoms with E-state index >= 15 is 0 Å². The van der Waals surface area contributed by atoms with Crippen LogP contribution in [0.3, 0.4) is 0 Å². The summed E-state index contributed by atoms with van der Waals surface area (Å²) >= 11 is 5.70. The monoisotopic (exact) mass is 398 g/mol. The number of para-hydroxylation sites is 2. The molecule has 0 aliphatic carbocycles. The minimum absolute atomic E-state index is 0.602. The lowest BCUT2D eigenvalue weighted by molar-refractivity contribution is 0.384. The zero-order chi connectivity index (χ0) is 19.1. The molecule has 27 heavy (non-hydrogen) atoms. The van der Waals surface area contributed by atoms with Crippen molar-refractivity contribution in [2.45, 2.75) is 20.3 Å². The second kappa shape index (κ2) is 9.07. The maximum atomic E-state index is 6.05. The summed E-state index contributed by atoms with van der Waals surface area (Å²) in [6.07, 6.45) is 1.02. The normalized spacial score (nSPS) is 11.2. The molecule has 0 amide bonds. The van der Waals surface area contributed by atoms with E-state index in [0.29, 0.717) is 23.2 Å². The molecule has 0 aliphatic heterocycles. The minimum Gasteiger partial charge on any atom is -0.407 e. The maximum Gasteiger partial charge on any atom is 0.490 e. The van der Waals surface area contributed by atoms with Crippen molar-refractivity contribution in [3.05, 3.63) is 90.5 Å². The first kappa shape index (κ1) is 19.5. The third-order valence-corrected chi connectivity index (χ3v) is 5.68. The average Bonchev–Trinajstić information content (AvgIpc) is 2.64. The van der Waals surface area contributed by atoms with Crippen LogP contribution in [-0.2, 0) is 18.2 Å². The summed E-state index contributed by atoms with van der Waals surface area (Å²) in [5.41, 5.74) is 1.26. The molecule has 0 radical (unpaired) electrons. The van der Waals surface area contributed by atoms with E-state index in [-0.39, 0.29) is 0 Å². The Morgan fingerprint density at radius 1 is 0.667 bits per heavy atom.